The number of nitrogens with zero attached hydrogens (tertiary/aromatic N) is 1. The highest BCUT2D eigenvalue weighted by molar-refractivity contribution is 5.92. The van der Waals surface area contributed by atoms with E-state index in [1.165, 1.54) is 0 Å². The molecule has 21 heavy (non-hydrogen) atoms. The normalized spacial score (nSPS) is 16.9. The first kappa shape index (κ1) is 15.3. The van der Waals surface area contributed by atoms with E-state index in [-0.39, 0.29) is 24.4 Å². The average Bonchev–Trinajstić information content (AvgIpc) is 2.38. The number of carbonyl (C=O) groups excluding carboxylic acids is 1. The number of fused-ring (bicyclic) bond motifs is 1. The smallest absolute Gasteiger partial charge is 0.321 e. The molecule has 2 unspecified atom stereocenters. The second-order valence-electron chi connectivity index (χ2n) is 5.75. The van der Waals surface area contributed by atoms with Gasteiger partial charge in [0.1, 0.15) is 0 Å². The number of rotatable bonds is 5. The number of nitrogens with two attached hydrogens (primary N) is 1. The van der Waals surface area contributed by atoms with Crippen LogP contribution in [0.2, 0.25) is 0 Å². The van der Waals surface area contributed by atoms with Crippen LogP contribution in [0.4, 0.5) is 10.5 Å². The van der Waals surface area contributed by atoms with Crippen LogP contribution in [0.5, 0.6) is 0 Å². The lowest BCUT2D eigenvalue weighted by molar-refractivity contribution is -0.138. The fourth-order valence-corrected chi connectivity index (χ4v) is 2.59. The lowest BCUT2D eigenvalue weighted by Crippen LogP contribution is -2.35. The van der Waals surface area contributed by atoms with Gasteiger partial charge in [-0.15, -0.1) is 0 Å². The Bertz CT molecular complexity index is 559. The Morgan fingerprint density at radius 1 is 1.52 bits per heavy atom. The van der Waals surface area contributed by atoms with Crippen LogP contribution in [-0.4, -0.2) is 29.1 Å². The molecule has 2 atom stereocenters. The Labute approximate surface area is 123 Å². The van der Waals surface area contributed by atoms with Crippen LogP contribution in [0, 0.1) is 5.92 Å². The van der Waals surface area contributed by atoms with Crippen molar-refractivity contribution < 1.29 is 14.7 Å². The first-order valence-corrected chi connectivity index (χ1v) is 6.99. The van der Waals surface area contributed by atoms with Gasteiger partial charge in [0.2, 0.25) is 0 Å². The molecule has 6 heteroatoms. The summed E-state index contributed by atoms with van der Waals surface area (Å²) in [6, 6.07) is 5.42. The summed E-state index contributed by atoms with van der Waals surface area (Å²) < 4.78 is 0. The molecular formula is C15H21N3O3. The number of nitrogens with one attached hydrogen (secondary N) is 1. The van der Waals surface area contributed by atoms with Gasteiger partial charge in [0, 0.05) is 31.7 Å². The van der Waals surface area contributed by atoms with E-state index in [1.807, 2.05) is 25.1 Å². The number of hydrogen-bond acceptors (Lipinski definition) is 3. The van der Waals surface area contributed by atoms with Gasteiger partial charge >= 0.3 is 12.0 Å². The van der Waals surface area contributed by atoms with Crippen LogP contribution in [0.1, 0.15) is 36.9 Å². The summed E-state index contributed by atoms with van der Waals surface area (Å²) in [5.41, 5.74) is 8.98. The zero-order valence-electron chi connectivity index (χ0n) is 12.3. The molecule has 0 aromatic heterocycles. The quantitative estimate of drug-likeness (QED) is 0.774. The highest BCUT2D eigenvalue weighted by Gasteiger charge is 2.21. The Hall–Kier alpha value is -2.08. The molecule has 0 aliphatic carbocycles. The third kappa shape index (κ3) is 3.72. The van der Waals surface area contributed by atoms with Crippen molar-refractivity contribution in [3.63, 3.8) is 0 Å². The second-order valence-corrected chi connectivity index (χ2v) is 5.75. The van der Waals surface area contributed by atoms with Gasteiger partial charge in [-0.25, -0.2) is 4.79 Å². The van der Waals surface area contributed by atoms with Crippen LogP contribution in [0.15, 0.2) is 18.2 Å². The summed E-state index contributed by atoms with van der Waals surface area (Å²) in [4.78, 5) is 23.9. The van der Waals surface area contributed by atoms with Gasteiger partial charge in [-0.05, 0) is 29.5 Å². The first-order valence-electron chi connectivity index (χ1n) is 6.99. The van der Waals surface area contributed by atoms with Crippen LogP contribution in [0.25, 0.3) is 0 Å². The number of amides is 2. The molecular weight excluding hydrogens is 270 g/mol. The largest absolute Gasteiger partial charge is 0.481 e. The minimum atomic E-state index is -0.801. The van der Waals surface area contributed by atoms with Crippen molar-refractivity contribution in [1.82, 2.24) is 4.90 Å². The van der Waals surface area contributed by atoms with Crippen molar-refractivity contribution in [2.45, 2.75) is 32.4 Å². The van der Waals surface area contributed by atoms with Crippen molar-refractivity contribution in [1.29, 1.82) is 0 Å². The fraction of sp³-hybridized carbons (Fsp3) is 0.467. The van der Waals surface area contributed by atoms with Gasteiger partial charge in [-0.1, -0.05) is 19.1 Å². The van der Waals surface area contributed by atoms with Crippen molar-refractivity contribution in [3.05, 3.63) is 29.3 Å². The van der Waals surface area contributed by atoms with E-state index in [0.717, 1.165) is 16.8 Å². The van der Waals surface area contributed by atoms with Crippen LogP contribution >= 0.6 is 0 Å². The van der Waals surface area contributed by atoms with E-state index in [0.29, 0.717) is 13.0 Å². The predicted molar refractivity (Wildman–Crippen MR) is 79.9 cm³/mol. The van der Waals surface area contributed by atoms with Crippen molar-refractivity contribution >= 4 is 17.7 Å². The average molecular weight is 291 g/mol. The van der Waals surface area contributed by atoms with Crippen molar-refractivity contribution in [2.75, 3.05) is 12.4 Å². The first-order chi connectivity index (χ1) is 9.86. The molecule has 0 saturated heterocycles. The molecule has 2 rings (SSSR count). The molecule has 0 radical (unpaired) electrons. The number of anilines is 1. The van der Waals surface area contributed by atoms with Gasteiger partial charge < -0.3 is 21.1 Å². The second kappa shape index (κ2) is 6.13. The monoisotopic (exact) mass is 291 g/mol. The Morgan fingerprint density at radius 3 is 2.90 bits per heavy atom. The molecule has 1 heterocycles. The van der Waals surface area contributed by atoms with Gasteiger partial charge in [-0.3, -0.25) is 4.79 Å². The number of aliphatic carboxylic acids is 1. The Morgan fingerprint density at radius 2 is 2.24 bits per heavy atom. The number of benzene rings is 1. The standard InChI is InChI=1S/C15H21N3O3/c1-9(6-14(19)20)5-12(16)10-3-4-13-11(7-10)8-18(2)15(21)17-13/h3-4,7,9,12H,5-6,8,16H2,1-2H3,(H,17,21)(H,19,20). The maximum Gasteiger partial charge on any atom is 0.321 e. The third-order valence-corrected chi connectivity index (χ3v) is 3.73. The number of urea groups is 1. The topological polar surface area (TPSA) is 95.7 Å². The summed E-state index contributed by atoms with van der Waals surface area (Å²) in [5, 5.41) is 11.6. The number of carbonyl (C=O) groups is 2. The van der Waals surface area contributed by atoms with Crippen molar-refractivity contribution in [2.24, 2.45) is 11.7 Å². The van der Waals surface area contributed by atoms with E-state index in [9.17, 15) is 9.59 Å². The zero-order valence-corrected chi connectivity index (χ0v) is 12.3. The van der Waals surface area contributed by atoms with Gasteiger partial charge in [0.05, 0.1) is 0 Å². The van der Waals surface area contributed by atoms with Crippen LogP contribution < -0.4 is 11.1 Å². The molecule has 0 spiro atoms. The van der Waals surface area contributed by atoms with E-state index in [4.69, 9.17) is 10.8 Å². The molecule has 1 aromatic rings. The summed E-state index contributed by atoms with van der Waals surface area (Å²) >= 11 is 0. The molecule has 114 valence electrons. The highest BCUT2D eigenvalue weighted by Crippen LogP contribution is 2.28. The Balaban J connectivity index is 2.09. The van der Waals surface area contributed by atoms with E-state index >= 15 is 0 Å². The molecule has 0 bridgehead atoms. The van der Waals surface area contributed by atoms with Gasteiger partial charge in [-0.2, -0.15) is 0 Å². The molecule has 6 nitrogen and oxygen atoms in total. The molecule has 1 aliphatic rings. The number of carboxylic acid groups (broad SMARTS) is 1. The summed E-state index contributed by atoms with van der Waals surface area (Å²) in [5.74, 6) is -0.777. The maximum absolute atomic E-state index is 11.6. The van der Waals surface area contributed by atoms with Gasteiger partial charge in [0.15, 0.2) is 0 Å². The van der Waals surface area contributed by atoms with E-state index in [2.05, 4.69) is 5.32 Å². The molecule has 1 aromatic carbocycles. The molecule has 0 saturated carbocycles. The lowest BCUT2D eigenvalue weighted by Gasteiger charge is -2.27. The van der Waals surface area contributed by atoms with Crippen LogP contribution in [0.3, 0.4) is 0 Å². The van der Waals surface area contributed by atoms with E-state index < -0.39 is 5.97 Å². The van der Waals surface area contributed by atoms with Crippen molar-refractivity contribution in [3.8, 4) is 0 Å². The number of hydrogen-bond donors (Lipinski definition) is 3. The van der Waals surface area contributed by atoms with E-state index in [1.54, 1.807) is 11.9 Å². The molecule has 2 amide bonds. The highest BCUT2D eigenvalue weighted by atomic mass is 16.4. The van der Waals surface area contributed by atoms with Gasteiger partial charge in [0.25, 0.3) is 0 Å². The molecule has 0 fully saturated rings. The fourth-order valence-electron chi connectivity index (χ4n) is 2.59. The minimum Gasteiger partial charge on any atom is -0.481 e. The maximum atomic E-state index is 11.6. The summed E-state index contributed by atoms with van der Waals surface area (Å²) in [7, 11) is 1.74. The predicted octanol–water partition coefficient (Wildman–Crippen LogP) is 2.16. The summed E-state index contributed by atoms with van der Waals surface area (Å²) in [6.07, 6.45) is 0.741. The zero-order chi connectivity index (χ0) is 15.6. The minimum absolute atomic E-state index is 0.0240. The molecule has 1 aliphatic heterocycles. The third-order valence-electron chi connectivity index (χ3n) is 3.73. The Kier molecular flexibility index (Phi) is 4.47. The van der Waals surface area contributed by atoms with Crippen LogP contribution in [-0.2, 0) is 11.3 Å². The number of carboxylic acids is 1. The SMILES string of the molecule is CC(CC(=O)O)CC(N)c1ccc2c(c1)CN(C)C(=O)N2. The summed E-state index contributed by atoms with van der Waals surface area (Å²) in [6.45, 7) is 2.44. The lowest BCUT2D eigenvalue weighted by atomic mass is 9.93. The molecule has 4 N–H and O–H groups in total.